The Labute approximate surface area is 264 Å². The van der Waals surface area contributed by atoms with Gasteiger partial charge in [0.15, 0.2) is 0 Å². The lowest BCUT2D eigenvalue weighted by Crippen LogP contribution is -2.09. The number of benzene rings is 8. The molecule has 0 radical (unpaired) electrons. The fourth-order valence-electron chi connectivity index (χ4n) is 6.24. The Bertz CT molecular complexity index is 2150. The molecule has 0 heterocycles. The van der Waals surface area contributed by atoms with Crippen LogP contribution in [0.4, 0.5) is 17.1 Å². The number of rotatable bonds is 6. The Kier molecular flexibility index (Phi) is 6.90. The first kappa shape index (κ1) is 26.7. The first-order valence-corrected chi connectivity index (χ1v) is 15.4. The first-order valence-electron chi connectivity index (χ1n) is 15.4. The van der Waals surface area contributed by atoms with Gasteiger partial charge in [-0.05, 0) is 103 Å². The molecule has 0 fully saturated rings. The minimum atomic E-state index is 1.12. The van der Waals surface area contributed by atoms with Crippen LogP contribution in [0.1, 0.15) is 0 Å². The highest BCUT2D eigenvalue weighted by Crippen LogP contribution is 2.38. The van der Waals surface area contributed by atoms with Gasteiger partial charge in [0.05, 0.1) is 0 Å². The van der Waals surface area contributed by atoms with E-state index in [2.05, 4.69) is 193 Å². The molecule has 0 saturated heterocycles. The lowest BCUT2D eigenvalue weighted by Gasteiger charge is -2.26. The topological polar surface area (TPSA) is 3.24 Å². The predicted octanol–water partition coefficient (Wildman–Crippen LogP) is 12.5. The van der Waals surface area contributed by atoms with Crippen LogP contribution in [-0.4, -0.2) is 0 Å². The molecule has 0 unspecified atom stereocenters. The van der Waals surface area contributed by atoms with Crippen molar-refractivity contribution < 1.29 is 0 Å². The second-order valence-electron chi connectivity index (χ2n) is 11.5. The molecular weight excluding hydrogens is 542 g/mol. The van der Waals surface area contributed by atoms with E-state index in [0.29, 0.717) is 0 Å². The summed E-state index contributed by atoms with van der Waals surface area (Å²) in [6.07, 6.45) is 0. The summed E-state index contributed by atoms with van der Waals surface area (Å²) in [6, 6.07) is 67.7. The summed E-state index contributed by atoms with van der Waals surface area (Å²) in [5.41, 5.74) is 10.7. The number of anilines is 3. The van der Waals surface area contributed by atoms with Crippen LogP contribution in [0.25, 0.3) is 54.9 Å². The normalized spacial score (nSPS) is 11.1. The van der Waals surface area contributed by atoms with E-state index in [9.17, 15) is 0 Å². The van der Waals surface area contributed by atoms with Gasteiger partial charge in [-0.3, -0.25) is 0 Å². The minimum absolute atomic E-state index is 1.12. The molecule has 0 aromatic heterocycles. The fourth-order valence-corrected chi connectivity index (χ4v) is 6.24. The Morgan fingerprint density at radius 3 is 1.16 bits per heavy atom. The minimum Gasteiger partial charge on any atom is -0.310 e. The van der Waals surface area contributed by atoms with Gasteiger partial charge < -0.3 is 4.90 Å². The standard InChI is InChI=1S/C44H31N/c1-3-9-32(10-4-1)35-19-24-42(25-20-35)45(43-26-21-36(22-27-43)33-11-5-2-6-12-33)44-28-23-37-16-18-40(30-41(37)31-44)39-17-15-34-13-7-8-14-38(34)29-39/h1-31H. The van der Waals surface area contributed by atoms with Gasteiger partial charge in [0, 0.05) is 17.1 Å². The molecule has 0 bridgehead atoms. The summed E-state index contributed by atoms with van der Waals surface area (Å²) >= 11 is 0. The van der Waals surface area contributed by atoms with Crippen LogP contribution in [0.3, 0.4) is 0 Å². The summed E-state index contributed by atoms with van der Waals surface area (Å²) in [5, 5.41) is 4.96. The van der Waals surface area contributed by atoms with Gasteiger partial charge in [0.2, 0.25) is 0 Å². The van der Waals surface area contributed by atoms with E-state index in [4.69, 9.17) is 0 Å². The van der Waals surface area contributed by atoms with Crippen LogP contribution in [-0.2, 0) is 0 Å². The highest BCUT2D eigenvalue weighted by Gasteiger charge is 2.14. The van der Waals surface area contributed by atoms with Crippen molar-refractivity contribution in [2.75, 3.05) is 4.90 Å². The molecule has 0 N–H and O–H groups in total. The molecule has 0 aliphatic rings. The molecule has 212 valence electrons. The molecule has 0 amide bonds. The van der Waals surface area contributed by atoms with Gasteiger partial charge in [0.25, 0.3) is 0 Å². The SMILES string of the molecule is c1ccc(-c2ccc(N(c3ccc(-c4ccccc4)cc3)c3ccc4ccc(-c5ccc6ccccc6c5)cc4c3)cc2)cc1. The van der Waals surface area contributed by atoms with Crippen molar-refractivity contribution in [3.05, 3.63) is 188 Å². The molecule has 1 nitrogen and oxygen atoms in total. The second kappa shape index (κ2) is 11.6. The lowest BCUT2D eigenvalue weighted by atomic mass is 9.98. The smallest absolute Gasteiger partial charge is 0.0468 e. The average Bonchev–Trinajstić information content (AvgIpc) is 3.12. The highest BCUT2D eigenvalue weighted by molar-refractivity contribution is 5.94. The van der Waals surface area contributed by atoms with Crippen LogP contribution >= 0.6 is 0 Å². The summed E-state index contributed by atoms with van der Waals surface area (Å²) < 4.78 is 0. The lowest BCUT2D eigenvalue weighted by molar-refractivity contribution is 1.29. The third kappa shape index (κ3) is 5.37. The molecule has 0 aliphatic carbocycles. The largest absolute Gasteiger partial charge is 0.310 e. The fraction of sp³-hybridized carbons (Fsp3) is 0. The van der Waals surface area contributed by atoms with Crippen molar-refractivity contribution in [1.29, 1.82) is 0 Å². The summed E-state index contributed by atoms with van der Waals surface area (Å²) in [6.45, 7) is 0. The molecule has 8 aromatic carbocycles. The Hall–Kier alpha value is -5.92. The summed E-state index contributed by atoms with van der Waals surface area (Å²) in [5.74, 6) is 0. The molecule has 8 rings (SSSR count). The molecular formula is C44H31N. The third-order valence-electron chi connectivity index (χ3n) is 8.63. The van der Waals surface area contributed by atoms with Crippen LogP contribution in [0.2, 0.25) is 0 Å². The molecule has 0 aliphatic heterocycles. The molecule has 45 heavy (non-hydrogen) atoms. The van der Waals surface area contributed by atoms with Crippen LogP contribution < -0.4 is 4.90 Å². The molecule has 8 aromatic rings. The van der Waals surface area contributed by atoms with Crippen molar-refractivity contribution in [3.63, 3.8) is 0 Å². The van der Waals surface area contributed by atoms with Crippen molar-refractivity contribution in [1.82, 2.24) is 0 Å². The van der Waals surface area contributed by atoms with E-state index in [1.807, 2.05) is 0 Å². The predicted molar refractivity (Wildman–Crippen MR) is 192 cm³/mol. The quantitative estimate of drug-likeness (QED) is 0.191. The molecule has 1 heteroatoms. The first-order chi connectivity index (χ1) is 22.3. The van der Waals surface area contributed by atoms with E-state index in [1.54, 1.807) is 0 Å². The molecule has 0 saturated carbocycles. The van der Waals surface area contributed by atoms with Gasteiger partial charge in [0.1, 0.15) is 0 Å². The van der Waals surface area contributed by atoms with Gasteiger partial charge in [-0.15, -0.1) is 0 Å². The second-order valence-corrected chi connectivity index (χ2v) is 11.5. The zero-order chi connectivity index (χ0) is 30.0. The zero-order valence-corrected chi connectivity index (χ0v) is 24.8. The number of hydrogen-bond acceptors (Lipinski definition) is 1. The van der Waals surface area contributed by atoms with Crippen molar-refractivity contribution in [2.45, 2.75) is 0 Å². The monoisotopic (exact) mass is 573 g/mol. The molecule has 0 atom stereocenters. The maximum atomic E-state index is 2.35. The average molecular weight is 574 g/mol. The Morgan fingerprint density at radius 2 is 0.600 bits per heavy atom. The van der Waals surface area contributed by atoms with Gasteiger partial charge in [-0.25, -0.2) is 0 Å². The Morgan fingerprint density at radius 1 is 0.222 bits per heavy atom. The van der Waals surface area contributed by atoms with E-state index >= 15 is 0 Å². The van der Waals surface area contributed by atoms with E-state index in [1.165, 1.54) is 54.9 Å². The highest BCUT2D eigenvalue weighted by atomic mass is 15.1. The molecule has 0 spiro atoms. The van der Waals surface area contributed by atoms with Crippen LogP contribution in [0.15, 0.2) is 188 Å². The summed E-state index contributed by atoms with van der Waals surface area (Å²) in [4.78, 5) is 2.35. The van der Waals surface area contributed by atoms with Gasteiger partial charge >= 0.3 is 0 Å². The number of fused-ring (bicyclic) bond motifs is 2. The van der Waals surface area contributed by atoms with Crippen molar-refractivity contribution in [3.8, 4) is 33.4 Å². The van der Waals surface area contributed by atoms with Crippen LogP contribution in [0, 0.1) is 0 Å². The number of hydrogen-bond donors (Lipinski definition) is 0. The third-order valence-corrected chi connectivity index (χ3v) is 8.63. The van der Waals surface area contributed by atoms with Crippen molar-refractivity contribution >= 4 is 38.6 Å². The van der Waals surface area contributed by atoms with Gasteiger partial charge in [-0.1, -0.05) is 140 Å². The maximum absolute atomic E-state index is 2.35. The maximum Gasteiger partial charge on any atom is 0.0468 e. The Balaban J connectivity index is 1.22. The van der Waals surface area contributed by atoms with E-state index in [-0.39, 0.29) is 0 Å². The number of nitrogens with zero attached hydrogens (tertiary/aromatic N) is 1. The van der Waals surface area contributed by atoms with E-state index < -0.39 is 0 Å². The zero-order valence-electron chi connectivity index (χ0n) is 24.8. The van der Waals surface area contributed by atoms with Crippen molar-refractivity contribution in [2.24, 2.45) is 0 Å². The summed E-state index contributed by atoms with van der Waals surface area (Å²) in [7, 11) is 0. The van der Waals surface area contributed by atoms with Gasteiger partial charge in [-0.2, -0.15) is 0 Å². The van der Waals surface area contributed by atoms with Crippen LogP contribution in [0.5, 0.6) is 0 Å². The van der Waals surface area contributed by atoms with E-state index in [0.717, 1.165) is 17.1 Å².